The van der Waals surface area contributed by atoms with Gasteiger partial charge in [0.15, 0.2) is 0 Å². The third-order valence-corrected chi connectivity index (χ3v) is 3.06. The summed E-state index contributed by atoms with van der Waals surface area (Å²) < 4.78 is 10.5. The molecule has 0 bridgehead atoms. The molecule has 18 heavy (non-hydrogen) atoms. The Morgan fingerprint density at radius 1 is 1.11 bits per heavy atom. The minimum Gasteiger partial charge on any atom is -0.497 e. The van der Waals surface area contributed by atoms with Crippen LogP contribution in [0.2, 0.25) is 0 Å². The molecule has 102 valence electrons. The van der Waals surface area contributed by atoms with Crippen LogP contribution in [-0.4, -0.2) is 45.8 Å². The van der Waals surface area contributed by atoms with Gasteiger partial charge in [-0.2, -0.15) is 0 Å². The Morgan fingerprint density at radius 3 is 2.11 bits per heavy atom. The summed E-state index contributed by atoms with van der Waals surface area (Å²) in [6, 6.07) is 6.44. The first-order valence-electron chi connectivity index (χ1n) is 6.16. The van der Waals surface area contributed by atoms with Crippen molar-refractivity contribution in [2.24, 2.45) is 0 Å². The van der Waals surface area contributed by atoms with Gasteiger partial charge in [0.2, 0.25) is 0 Å². The Morgan fingerprint density at radius 2 is 1.67 bits per heavy atom. The maximum Gasteiger partial charge on any atom is 0.122 e. The average Bonchev–Trinajstić information content (AvgIpc) is 2.37. The van der Waals surface area contributed by atoms with Crippen molar-refractivity contribution in [2.75, 3.05) is 34.9 Å². The molecule has 1 unspecified atom stereocenters. The van der Waals surface area contributed by atoms with E-state index in [0.717, 1.165) is 30.2 Å². The normalized spacial score (nSPS) is 12.6. The molecule has 0 spiro atoms. The zero-order valence-corrected chi connectivity index (χ0v) is 12.0. The lowest BCUT2D eigenvalue weighted by Crippen LogP contribution is -2.35. The van der Waals surface area contributed by atoms with Crippen LogP contribution in [0.4, 0.5) is 0 Å². The minimum atomic E-state index is 0.512. The monoisotopic (exact) mass is 252 g/mol. The second kappa shape index (κ2) is 7.24. The van der Waals surface area contributed by atoms with Crippen molar-refractivity contribution in [3.05, 3.63) is 23.8 Å². The molecule has 1 atom stereocenters. The molecule has 0 heterocycles. The van der Waals surface area contributed by atoms with Crippen LogP contribution in [0, 0.1) is 0 Å². The van der Waals surface area contributed by atoms with Crippen molar-refractivity contribution in [1.29, 1.82) is 0 Å². The standard InChI is InChI=1S/C14H24N2O2/c1-11(16(2)3)9-15-10-12-6-13(17-4)8-14(7-12)18-5/h6-8,11,15H,9-10H2,1-5H3. The summed E-state index contributed by atoms with van der Waals surface area (Å²) in [6.07, 6.45) is 0. The van der Waals surface area contributed by atoms with E-state index in [1.54, 1.807) is 14.2 Å². The molecule has 4 nitrogen and oxygen atoms in total. The molecule has 1 N–H and O–H groups in total. The molecule has 0 fully saturated rings. The number of likely N-dealkylation sites (N-methyl/N-ethyl adjacent to an activating group) is 1. The molecule has 4 heteroatoms. The number of nitrogens with zero attached hydrogens (tertiary/aromatic N) is 1. The van der Waals surface area contributed by atoms with Crippen LogP contribution >= 0.6 is 0 Å². The van der Waals surface area contributed by atoms with Crippen LogP contribution in [0.1, 0.15) is 12.5 Å². The number of ether oxygens (including phenoxy) is 2. The third kappa shape index (κ3) is 4.55. The largest absolute Gasteiger partial charge is 0.497 e. The number of hydrogen-bond donors (Lipinski definition) is 1. The van der Waals surface area contributed by atoms with Crippen molar-refractivity contribution in [3.63, 3.8) is 0 Å². The molecule has 0 aromatic heterocycles. The average molecular weight is 252 g/mol. The van der Waals surface area contributed by atoms with E-state index in [9.17, 15) is 0 Å². The molecule has 0 aliphatic heterocycles. The van der Waals surface area contributed by atoms with E-state index >= 15 is 0 Å². The lowest BCUT2D eigenvalue weighted by Gasteiger charge is -2.20. The summed E-state index contributed by atoms with van der Waals surface area (Å²) in [7, 11) is 7.50. The summed E-state index contributed by atoms with van der Waals surface area (Å²) in [5, 5.41) is 3.43. The van der Waals surface area contributed by atoms with Gasteiger partial charge in [-0.15, -0.1) is 0 Å². The van der Waals surface area contributed by atoms with Gasteiger partial charge in [0, 0.05) is 25.2 Å². The molecule has 0 aliphatic rings. The Balaban J connectivity index is 2.56. The van der Waals surface area contributed by atoms with Gasteiger partial charge < -0.3 is 19.7 Å². The first-order chi connectivity index (χ1) is 8.56. The van der Waals surface area contributed by atoms with Gasteiger partial charge in [0.05, 0.1) is 14.2 Å². The smallest absolute Gasteiger partial charge is 0.122 e. The molecule has 0 saturated carbocycles. The Kier molecular flexibility index (Phi) is 5.95. The Bertz CT molecular complexity index is 345. The molecule has 1 rings (SSSR count). The highest BCUT2D eigenvalue weighted by Crippen LogP contribution is 2.22. The topological polar surface area (TPSA) is 33.7 Å². The second-order valence-corrected chi connectivity index (χ2v) is 4.66. The summed E-state index contributed by atoms with van der Waals surface area (Å²) in [4.78, 5) is 2.19. The van der Waals surface area contributed by atoms with Crippen LogP contribution in [0.5, 0.6) is 11.5 Å². The first kappa shape index (κ1) is 14.8. The number of hydrogen-bond acceptors (Lipinski definition) is 4. The summed E-state index contributed by atoms with van der Waals surface area (Å²) in [5.74, 6) is 1.65. The van der Waals surface area contributed by atoms with Crippen molar-refractivity contribution in [2.45, 2.75) is 19.5 Å². The van der Waals surface area contributed by atoms with Gasteiger partial charge >= 0.3 is 0 Å². The third-order valence-electron chi connectivity index (χ3n) is 3.06. The second-order valence-electron chi connectivity index (χ2n) is 4.66. The maximum atomic E-state index is 5.25. The van der Waals surface area contributed by atoms with Crippen LogP contribution in [0.25, 0.3) is 0 Å². The predicted octanol–water partition coefficient (Wildman–Crippen LogP) is 1.74. The van der Waals surface area contributed by atoms with Gasteiger partial charge in [0.1, 0.15) is 11.5 Å². The van der Waals surface area contributed by atoms with Crippen LogP contribution in [0.15, 0.2) is 18.2 Å². The summed E-state index contributed by atoms with van der Waals surface area (Å²) in [5.41, 5.74) is 1.16. The lowest BCUT2D eigenvalue weighted by molar-refractivity contribution is 0.302. The zero-order chi connectivity index (χ0) is 13.5. The number of benzene rings is 1. The van der Waals surface area contributed by atoms with Crippen molar-refractivity contribution < 1.29 is 9.47 Å². The quantitative estimate of drug-likeness (QED) is 0.801. The van der Waals surface area contributed by atoms with E-state index in [1.165, 1.54) is 0 Å². The molecule has 1 aromatic carbocycles. The van der Waals surface area contributed by atoms with Crippen LogP contribution in [-0.2, 0) is 6.54 Å². The van der Waals surface area contributed by atoms with Crippen molar-refractivity contribution in [3.8, 4) is 11.5 Å². The first-order valence-corrected chi connectivity index (χ1v) is 6.16. The van der Waals surface area contributed by atoms with Crippen molar-refractivity contribution >= 4 is 0 Å². The number of nitrogens with one attached hydrogen (secondary N) is 1. The minimum absolute atomic E-state index is 0.512. The lowest BCUT2D eigenvalue weighted by atomic mass is 10.2. The molecule has 1 aromatic rings. The molecular weight excluding hydrogens is 228 g/mol. The maximum absolute atomic E-state index is 5.25. The molecule has 0 saturated heterocycles. The van der Waals surface area contributed by atoms with Gasteiger partial charge in [-0.25, -0.2) is 0 Å². The van der Waals surface area contributed by atoms with E-state index in [2.05, 4.69) is 31.2 Å². The summed E-state index contributed by atoms with van der Waals surface area (Å²) >= 11 is 0. The van der Waals surface area contributed by atoms with E-state index < -0.39 is 0 Å². The highest BCUT2D eigenvalue weighted by Gasteiger charge is 2.05. The van der Waals surface area contributed by atoms with E-state index in [-0.39, 0.29) is 0 Å². The SMILES string of the molecule is COc1cc(CNCC(C)N(C)C)cc(OC)c1. The van der Waals surface area contributed by atoms with Crippen LogP contribution in [0.3, 0.4) is 0 Å². The highest BCUT2D eigenvalue weighted by atomic mass is 16.5. The zero-order valence-electron chi connectivity index (χ0n) is 12.0. The van der Waals surface area contributed by atoms with Gasteiger partial charge in [-0.05, 0) is 38.7 Å². The molecule has 0 radical (unpaired) electrons. The van der Waals surface area contributed by atoms with Gasteiger partial charge in [0.25, 0.3) is 0 Å². The Hall–Kier alpha value is -1.26. The molecule has 0 amide bonds. The van der Waals surface area contributed by atoms with Gasteiger partial charge in [-0.1, -0.05) is 0 Å². The van der Waals surface area contributed by atoms with E-state index in [0.29, 0.717) is 6.04 Å². The van der Waals surface area contributed by atoms with E-state index in [1.807, 2.05) is 18.2 Å². The number of rotatable bonds is 7. The fourth-order valence-corrected chi connectivity index (χ4v) is 1.58. The van der Waals surface area contributed by atoms with Crippen LogP contribution < -0.4 is 14.8 Å². The van der Waals surface area contributed by atoms with E-state index in [4.69, 9.17) is 9.47 Å². The number of methoxy groups -OCH3 is 2. The molecular formula is C14H24N2O2. The Labute approximate surface area is 110 Å². The summed E-state index contributed by atoms with van der Waals surface area (Å²) in [6.45, 7) is 3.96. The molecule has 0 aliphatic carbocycles. The predicted molar refractivity (Wildman–Crippen MR) is 74.4 cm³/mol. The highest BCUT2D eigenvalue weighted by molar-refractivity contribution is 5.38. The van der Waals surface area contributed by atoms with Crippen molar-refractivity contribution in [1.82, 2.24) is 10.2 Å². The van der Waals surface area contributed by atoms with Gasteiger partial charge in [-0.3, -0.25) is 0 Å². The fraction of sp³-hybridized carbons (Fsp3) is 0.571. The fourth-order valence-electron chi connectivity index (χ4n) is 1.58.